The molecule has 1 aliphatic heterocycles. The van der Waals surface area contributed by atoms with E-state index in [1.54, 1.807) is 6.92 Å². The maximum atomic E-state index is 10.8. The molecule has 16 heavy (non-hydrogen) atoms. The molecule has 1 heterocycles. The Bertz CT molecular complexity index is 243. The number of amides is 1. The summed E-state index contributed by atoms with van der Waals surface area (Å²) < 4.78 is 0. The highest BCUT2D eigenvalue weighted by Crippen LogP contribution is 2.28. The highest BCUT2D eigenvalue weighted by Gasteiger charge is 2.33. The van der Waals surface area contributed by atoms with Gasteiger partial charge >= 0.3 is 0 Å². The van der Waals surface area contributed by atoms with Crippen molar-refractivity contribution < 1.29 is 4.79 Å². The minimum atomic E-state index is 0.0902. The fraction of sp³-hybridized carbons (Fsp3) is 0.917. The van der Waals surface area contributed by atoms with E-state index in [9.17, 15) is 4.79 Å². The van der Waals surface area contributed by atoms with E-state index in [1.165, 1.54) is 38.8 Å². The lowest BCUT2D eigenvalue weighted by molar-refractivity contribution is -0.119. The summed E-state index contributed by atoms with van der Waals surface area (Å²) in [6.45, 7) is 4.81. The molecular weight excluding hydrogens is 202 g/mol. The van der Waals surface area contributed by atoms with Gasteiger partial charge in [0, 0.05) is 25.6 Å². The summed E-state index contributed by atoms with van der Waals surface area (Å²) in [4.78, 5) is 13.4. The van der Waals surface area contributed by atoms with Crippen LogP contribution in [0.5, 0.6) is 0 Å². The normalized spacial score (nSPS) is 32.1. The molecule has 0 unspecified atom stereocenters. The van der Waals surface area contributed by atoms with Crippen LogP contribution in [0.1, 0.15) is 32.6 Å². The van der Waals surface area contributed by atoms with E-state index in [2.05, 4.69) is 10.2 Å². The van der Waals surface area contributed by atoms with Crippen molar-refractivity contribution in [1.29, 1.82) is 0 Å². The number of rotatable bonds is 3. The summed E-state index contributed by atoms with van der Waals surface area (Å²) in [5.41, 5.74) is 5.81. The van der Waals surface area contributed by atoms with E-state index in [0.29, 0.717) is 12.0 Å². The summed E-state index contributed by atoms with van der Waals surface area (Å²) in [7, 11) is 0. The number of nitrogens with zero attached hydrogens (tertiary/aromatic N) is 1. The molecule has 1 amide bonds. The Balaban J connectivity index is 1.64. The van der Waals surface area contributed by atoms with Crippen LogP contribution in [0.2, 0.25) is 0 Å². The molecular formula is C12H23N3O. The zero-order valence-corrected chi connectivity index (χ0v) is 10.1. The Morgan fingerprint density at radius 1 is 1.38 bits per heavy atom. The molecule has 0 aromatic carbocycles. The van der Waals surface area contributed by atoms with E-state index in [-0.39, 0.29) is 5.91 Å². The zero-order chi connectivity index (χ0) is 11.5. The molecule has 2 aliphatic rings. The molecule has 92 valence electrons. The Morgan fingerprint density at radius 3 is 2.50 bits per heavy atom. The zero-order valence-electron chi connectivity index (χ0n) is 10.1. The molecule has 0 aromatic heterocycles. The van der Waals surface area contributed by atoms with E-state index in [4.69, 9.17) is 5.73 Å². The molecule has 0 atom stereocenters. The predicted octanol–water partition coefficient (Wildman–Crippen LogP) is 0.324. The summed E-state index contributed by atoms with van der Waals surface area (Å²) >= 11 is 0. The van der Waals surface area contributed by atoms with Crippen LogP contribution in [-0.2, 0) is 4.79 Å². The summed E-state index contributed by atoms with van der Waals surface area (Å²) in [5.74, 6) is 0.765. The van der Waals surface area contributed by atoms with Gasteiger partial charge in [-0.2, -0.15) is 0 Å². The number of hydrogen-bond donors (Lipinski definition) is 2. The Labute approximate surface area is 97.6 Å². The first-order valence-electron chi connectivity index (χ1n) is 6.39. The van der Waals surface area contributed by atoms with Crippen molar-refractivity contribution >= 4 is 5.91 Å². The lowest BCUT2D eigenvalue weighted by Gasteiger charge is -2.44. The SMILES string of the molecule is CC(=O)NCC1CCN(C2CC(N)C2)CC1. The van der Waals surface area contributed by atoms with Crippen LogP contribution in [0.25, 0.3) is 0 Å². The van der Waals surface area contributed by atoms with Crippen molar-refractivity contribution in [2.24, 2.45) is 11.7 Å². The van der Waals surface area contributed by atoms with E-state index in [0.717, 1.165) is 12.6 Å². The van der Waals surface area contributed by atoms with Crippen LogP contribution < -0.4 is 11.1 Å². The van der Waals surface area contributed by atoms with Gasteiger partial charge in [0.1, 0.15) is 0 Å². The molecule has 4 nitrogen and oxygen atoms in total. The van der Waals surface area contributed by atoms with Crippen molar-refractivity contribution in [3.8, 4) is 0 Å². The van der Waals surface area contributed by atoms with Crippen LogP contribution >= 0.6 is 0 Å². The quantitative estimate of drug-likeness (QED) is 0.727. The number of nitrogens with one attached hydrogen (secondary N) is 1. The lowest BCUT2D eigenvalue weighted by atomic mass is 9.84. The maximum Gasteiger partial charge on any atom is 0.216 e. The third-order valence-corrected chi connectivity index (χ3v) is 3.95. The molecule has 0 bridgehead atoms. The number of piperidine rings is 1. The molecule has 1 saturated heterocycles. The van der Waals surface area contributed by atoms with E-state index in [1.807, 2.05) is 0 Å². The minimum Gasteiger partial charge on any atom is -0.356 e. The number of likely N-dealkylation sites (tertiary alicyclic amines) is 1. The van der Waals surface area contributed by atoms with Crippen molar-refractivity contribution in [2.75, 3.05) is 19.6 Å². The molecule has 2 fully saturated rings. The fourth-order valence-electron chi connectivity index (χ4n) is 2.74. The first-order chi connectivity index (χ1) is 7.65. The Morgan fingerprint density at radius 2 is 2.00 bits per heavy atom. The van der Waals surface area contributed by atoms with Crippen molar-refractivity contribution in [3.63, 3.8) is 0 Å². The molecule has 4 heteroatoms. The van der Waals surface area contributed by atoms with Crippen LogP contribution in [0.4, 0.5) is 0 Å². The van der Waals surface area contributed by atoms with Crippen LogP contribution in [0.15, 0.2) is 0 Å². The largest absolute Gasteiger partial charge is 0.356 e. The first-order valence-corrected chi connectivity index (χ1v) is 6.39. The van der Waals surface area contributed by atoms with Crippen molar-refractivity contribution in [1.82, 2.24) is 10.2 Å². The van der Waals surface area contributed by atoms with Crippen molar-refractivity contribution in [3.05, 3.63) is 0 Å². The third-order valence-electron chi connectivity index (χ3n) is 3.95. The topological polar surface area (TPSA) is 58.4 Å². The van der Waals surface area contributed by atoms with Gasteiger partial charge in [-0.3, -0.25) is 4.79 Å². The van der Waals surface area contributed by atoms with Crippen LogP contribution in [0, 0.1) is 5.92 Å². The second-order valence-electron chi connectivity index (χ2n) is 5.30. The molecule has 0 aromatic rings. The summed E-state index contributed by atoms with van der Waals surface area (Å²) in [6, 6.07) is 1.19. The molecule has 3 N–H and O–H groups in total. The average Bonchev–Trinajstić information content (AvgIpc) is 2.23. The Hall–Kier alpha value is -0.610. The summed E-state index contributed by atoms with van der Waals surface area (Å²) in [5, 5.41) is 2.92. The number of hydrogen-bond acceptors (Lipinski definition) is 3. The highest BCUT2D eigenvalue weighted by atomic mass is 16.1. The molecule has 1 saturated carbocycles. The lowest BCUT2D eigenvalue weighted by Crippen LogP contribution is -2.53. The number of carbonyl (C=O) groups excluding carboxylic acids is 1. The highest BCUT2D eigenvalue weighted by molar-refractivity contribution is 5.72. The molecule has 1 aliphatic carbocycles. The van der Waals surface area contributed by atoms with Crippen LogP contribution in [-0.4, -0.2) is 42.5 Å². The van der Waals surface area contributed by atoms with Gasteiger partial charge in [0.2, 0.25) is 5.91 Å². The monoisotopic (exact) mass is 225 g/mol. The number of carbonyl (C=O) groups is 1. The standard InChI is InChI=1S/C12H23N3O/c1-9(16)14-8-10-2-4-15(5-3-10)12-6-11(13)7-12/h10-12H,2-8,13H2,1H3,(H,14,16). The van der Waals surface area contributed by atoms with Gasteiger partial charge in [-0.1, -0.05) is 0 Å². The third kappa shape index (κ3) is 2.95. The average molecular weight is 225 g/mol. The molecule has 2 rings (SSSR count). The van der Waals surface area contributed by atoms with Gasteiger partial charge in [0.15, 0.2) is 0 Å². The number of nitrogens with two attached hydrogens (primary N) is 1. The van der Waals surface area contributed by atoms with E-state index < -0.39 is 0 Å². The first kappa shape index (κ1) is 11.9. The predicted molar refractivity (Wildman–Crippen MR) is 64.0 cm³/mol. The minimum absolute atomic E-state index is 0.0902. The molecule has 0 spiro atoms. The summed E-state index contributed by atoms with van der Waals surface area (Å²) in [6.07, 6.45) is 4.78. The Kier molecular flexibility index (Phi) is 3.82. The molecule has 0 radical (unpaired) electrons. The smallest absolute Gasteiger partial charge is 0.216 e. The van der Waals surface area contributed by atoms with Gasteiger partial charge < -0.3 is 16.0 Å². The van der Waals surface area contributed by atoms with Gasteiger partial charge in [0.05, 0.1) is 0 Å². The van der Waals surface area contributed by atoms with Gasteiger partial charge in [-0.25, -0.2) is 0 Å². The fourth-order valence-corrected chi connectivity index (χ4v) is 2.74. The second kappa shape index (κ2) is 5.15. The second-order valence-corrected chi connectivity index (χ2v) is 5.30. The van der Waals surface area contributed by atoms with Crippen molar-refractivity contribution in [2.45, 2.75) is 44.7 Å². The van der Waals surface area contributed by atoms with Gasteiger partial charge in [-0.05, 0) is 44.7 Å². The van der Waals surface area contributed by atoms with Gasteiger partial charge in [0.25, 0.3) is 0 Å². The van der Waals surface area contributed by atoms with E-state index >= 15 is 0 Å². The van der Waals surface area contributed by atoms with Crippen LogP contribution in [0.3, 0.4) is 0 Å². The maximum absolute atomic E-state index is 10.8. The van der Waals surface area contributed by atoms with Gasteiger partial charge in [-0.15, -0.1) is 0 Å².